The molecule has 0 aromatic carbocycles. The molecule has 1 fully saturated rings. The van der Waals surface area contributed by atoms with E-state index in [1.165, 1.54) is 51.7 Å². The van der Waals surface area contributed by atoms with E-state index in [-0.39, 0.29) is 0 Å². The van der Waals surface area contributed by atoms with Gasteiger partial charge in [0.05, 0.1) is 0 Å². The Morgan fingerprint density at radius 3 is 2.29 bits per heavy atom. The largest absolute Gasteiger partial charge is 0.303 e. The van der Waals surface area contributed by atoms with Crippen molar-refractivity contribution in [2.24, 2.45) is 5.92 Å². The first-order valence-electron chi connectivity index (χ1n) is 5.81. The van der Waals surface area contributed by atoms with Crippen LogP contribution in [0.15, 0.2) is 0 Å². The molecule has 0 aliphatic carbocycles. The second-order valence-electron chi connectivity index (χ2n) is 4.23. The summed E-state index contributed by atoms with van der Waals surface area (Å²) in [5.74, 6) is 3.05. The van der Waals surface area contributed by atoms with Gasteiger partial charge >= 0.3 is 0 Å². The lowest BCUT2D eigenvalue weighted by Crippen LogP contribution is -2.34. The second-order valence-corrected chi connectivity index (χ2v) is 5.12. The summed E-state index contributed by atoms with van der Waals surface area (Å²) < 4.78 is 0. The molecule has 0 atom stereocenters. The van der Waals surface area contributed by atoms with Gasteiger partial charge in [-0.1, -0.05) is 0 Å². The van der Waals surface area contributed by atoms with Crippen LogP contribution in [0.3, 0.4) is 0 Å². The van der Waals surface area contributed by atoms with E-state index in [9.17, 15) is 0 Å². The highest BCUT2D eigenvalue weighted by atomic mass is 32.1. The van der Waals surface area contributed by atoms with Crippen molar-refractivity contribution in [2.45, 2.75) is 32.1 Å². The molecule has 14 heavy (non-hydrogen) atoms. The van der Waals surface area contributed by atoms with E-state index in [4.69, 9.17) is 0 Å². The molecule has 0 aromatic heterocycles. The van der Waals surface area contributed by atoms with Gasteiger partial charge in [0.1, 0.15) is 0 Å². The minimum atomic E-state index is 0.952. The normalized spacial score (nSPS) is 20.1. The summed E-state index contributed by atoms with van der Waals surface area (Å²) in [6, 6.07) is 0. The lowest BCUT2D eigenvalue weighted by Gasteiger charge is -2.31. The second kappa shape index (κ2) is 7.89. The maximum absolute atomic E-state index is 4.30. The Bertz CT molecular complexity index is 133. The molecule has 3 heteroatoms. The van der Waals surface area contributed by atoms with Gasteiger partial charge in [0.25, 0.3) is 0 Å². The van der Waals surface area contributed by atoms with Gasteiger partial charge in [0.2, 0.25) is 0 Å². The van der Waals surface area contributed by atoms with E-state index in [1.54, 1.807) is 0 Å². The SMILES string of the molecule is SCCCCN1CCC(CCS)CC1. The van der Waals surface area contributed by atoms with Gasteiger partial charge in [-0.2, -0.15) is 25.3 Å². The summed E-state index contributed by atoms with van der Waals surface area (Å²) in [4.78, 5) is 2.61. The zero-order valence-electron chi connectivity index (χ0n) is 8.99. The third-order valence-electron chi connectivity index (χ3n) is 3.13. The van der Waals surface area contributed by atoms with Crippen molar-refractivity contribution in [3.05, 3.63) is 0 Å². The van der Waals surface area contributed by atoms with Crippen molar-refractivity contribution in [1.82, 2.24) is 4.90 Å². The van der Waals surface area contributed by atoms with Crippen LogP contribution >= 0.6 is 25.3 Å². The fourth-order valence-electron chi connectivity index (χ4n) is 2.13. The van der Waals surface area contributed by atoms with Gasteiger partial charge in [0.15, 0.2) is 0 Å². The molecule has 1 aliphatic rings. The van der Waals surface area contributed by atoms with Crippen LogP contribution in [-0.2, 0) is 0 Å². The number of thiol groups is 2. The minimum Gasteiger partial charge on any atom is -0.303 e. The number of nitrogens with zero attached hydrogens (tertiary/aromatic N) is 1. The van der Waals surface area contributed by atoms with Crippen LogP contribution < -0.4 is 0 Å². The van der Waals surface area contributed by atoms with Gasteiger partial charge in [-0.05, 0) is 69.2 Å². The monoisotopic (exact) mass is 233 g/mol. The van der Waals surface area contributed by atoms with Crippen LogP contribution in [0.2, 0.25) is 0 Å². The van der Waals surface area contributed by atoms with E-state index in [1.807, 2.05) is 0 Å². The van der Waals surface area contributed by atoms with Crippen molar-refractivity contribution in [3.63, 3.8) is 0 Å². The van der Waals surface area contributed by atoms with Crippen LogP contribution in [-0.4, -0.2) is 36.0 Å². The summed E-state index contributed by atoms with van der Waals surface area (Å²) in [7, 11) is 0. The molecule has 0 bridgehead atoms. The van der Waals surface area contributed by atoms with Gasteiger partial charge in [0, 0.05) is 0 Å². The average molecular weight is 233 g/mol. The van der Waals surface area contributed by atoms with Crippen molar-refractivity contribution in [1.29, 1.82) is 0 Å². The number of likely N-dealkylation sites (tertiary alicyclic amines) is 1. The highest BCUT2D eigenvalue weighted by Crippen LogP contribution is 2.20. The Balaban J connectivity index is 2.03. The first-order valence-corrected chi connectivity index (χ1v) is 7.07. The lowest BCUT2D eigenvalue weighted by molar-refractivity contribution is 0.180. The minimum absolute atomic E-state index is 0.952. The molecule has 0 spiro atoms. The van der Waals surface area contributed by atoms with Gasteiger partial charge in [-0.3, -0.25) is 0 Å². The fraction of sp³-hybridized carbons (Fsp3) is 1.00. The van der Waals surface area contributed by atoms with Crippen LogP contribution in [0.1, 0.15) is 32.1 Å². The Labute approximate surface area is 99.5 Å². The summed E-state index contributed by atoms with van der Waals surface area (Å²) in [5, 5.41) is 0. The standard InChI is InChI=1S/C11H23NS2/c13-9-2-1-6-12-7-3-11(4-8-12)5-10-14/h11,13-14H,1-10H2. The van der Waals surface area contributed by atoms with E-state index < -0.39 is 0 Å². The molecule has 0 aromatic rings. The highest BCUT2D eigenvalue weighted by Gasteiger charge is 2.17. The number of hydrogen-bond acceptors (Lipinski definition) is 3. The van der Waals surface area contributed by atoms with E-state index in [2.05, 4.69) is 30.2 Å². The third kappa shape index (κ3) is 4.94. The first-order chi connectivity index (χ1) is 6.86. The molecule has 1 heterocycles. The number of piperidine rings is 1. The Kier molecular flexibility index (Phi) is 7.17. The quantitative estimate of drug-likeness (QED) is 0.527. The number of rotatable bonds is 6. The molecule has 0 saturated carbocycles. The molecule has 84 valence electrons. The maximum Gasteiger partial charge on any atom is -0.00161 e. The predicted molar refractivity (Wildman–Crippen MR) is 70.7 cm³/mol. The highest BCUT2D eigenvalue weighted by molar-refractivity contribution is 7.80. The van der Waals surface area contributed by atoms with Crippen LogP contribution in [0.25, 0.3) is 0 Å². The van der Waals surface area contributed by atoms with Gasteiger partial charge in [-0.25, -0.2) is 0 Å². The van der Waals surface area contributed by atoms with Crippen molar-refractivity contribution < 1.29 is 0 Å². The molecular formula is C11H23NS2. The number of hydrogen-bond donors (Lipinski definition) is 2. The molecule has 0 unspecified atom stereocenters. The van der Waals surface area contributed by atoms with Crippen molar-refractivity contribution in [3.8, 4) is 0 Å². The molecule has 1 aliphatic heterocycles. The molecular weight excluding hydrogens is 210 g/mol. The van der Waals surface area contributed by atoms with E-state index >= 15 is 0 Å². The van der Waals surface area contributed by atoms with Crippen LogP contribution in [0, 0.1) is 5.92 Å². The zero-order chi connectivity index (χ0) is 10.2. The lowest BCUT2D eigenvalue weighted by atomic mass is 9.94. The average Bonchev–Trinajstić information content (AvgIpc) is 2.21. The maximum atomic E-state index is 4.30. The van der Waals surface area contributed by atoms with E-state index in [0.717, 1.165) is 17.4 Å². The zero-order valence-corrected chi connectivity index (χ0v) is 10.8. The molecule has 1 saturated heterocycles. The first kappa shape index (κ1) is 12.7. The van der Waals surface area contributed by atoms with Crippen LogP contribution in [0.4, 0.5) is 0 Å². The Morgan fingerprint density at radius 2 is 1.71 bits per heavy atom. The third-order valence-corrected chi connectivity index (χ3v) is 3.70. The molecule has 0 radical (unpaired) electrons. The number of unbranched alkanes of at least 4 members (excludes halogenated alkanes) is 1. The summed E-state index contributed by atoms with van der Waals surface area (Å²) >= 11 is 8.53. The van der Waals surface area contributed by atoms with Crippen LogP contribution in [0.5, 0.6) is 0 Å². The van der Waals surface area contributed by atoms with Gasteiger partial charge < -0.3 is 4.90 Å². The van der Waals surface area contributed by atoms with E-state index in [0.29, 0.717) is 0 Å². The smallest absolute Gasteiger partial charge is 0.00161 e. The topological polar surface area (TPSA) is 3.24 Å². The summed E-state index contributed by atoms with van der Waals surface area (Å²) in [6.07, 6.45) is 6.68. The van der Waals surface area contributed by atoms with Crippen molar-refractivity contribution >= 4 is 25.3 Å². The Morgan fingerprint density at radius 1 is 1.00 bits per heavy atom. The fourth-order valence-corrected chi connectivity index (χ4v) is 2.72. The molecule has 1 rings (SSSR count). The predicted octanol–water partition coefficient (Wildman–Crippen LogP) is 2.73. The van der Waals surface area contributed by atoms with Crippen molar-refractivity contribution in [2.75, 3.05) is 31.1 Å². The molecule has 1 nitrogen and oxygen atoms in total. The molecule has 0 amide bonds. The molecule has 0 N–H and O–H groups in total. The summed E-state index contributed by atoms with van der Waals surface area (Å²) in [5.41, 5.74) is 0. The Hall–Kier alpha value is 0.660. The summed E-state index contributed by atoms with van der Waals surface area (Å²) in [6.45, 7) is 3.91. The van der Waals surface area contributed by atoms with Gasteiger partial charge in [-0.15, -0.1) is 0 Å².